The molecule has 0 aliphatic rings. The standard InChI is InChI=1S/C17H17ClO3/c1-12-14(8-5-9-15(12)18)10-16(17(19)20)21-11-13-6-3-2-4-7-13/h2-9,16H,10-11H2,1H3,(H,19,20)/t16-/m0/s1. The lowest BCUT2D eigenvalue weighted by Crippen LogP contribution is -2.26. The fraction of sp³-hybridized carbons (Fsp3) is 0.235. The number of carboxylic acids is 1. The Morgan fingerprint density at radius 2 is 1.90 bits per heavy atom. The average Bonchev–Trinajstić information content (AvgIpc) is 2.48. The van der Waals surface area contributed by atoms with Gasteiger partial charge in [-0.1, -0.05) is 54.1 Å². The molecule has 3 nitrogen and oxygen atoms in total. The van der Waals surface area contributed by atoms with Crippen molar-refractivity contribution < 1.29 is 14.6 Å². The van der Waals surface area contributed by atoms with E-state index in [1.807, 2.05) is 49.4 Å². The van der Waals surface area contributed by atoms with E-state index in [0.717, 1.165) is 16.7 Å². The van der Waals surface area contributed by atoms with Crippen molar-refractivity contribution in [2.24, 2.45) is 0 Å². The molecule has 1 atom stereocenters. The van der Waals surface area contributed by atoms with E-state index in [-0.39, 0.29) is 6.61 Å². The molecule has 2 aromatic carbocycles. The topological polar surface area (TPSA) is 46.5 Å². The molecular formula is C17H17ClO3. The summed E-state index contributed by atoms with van der Waals surface area (Å²) in [7, 11) is 0. The zero-order valence-corrected chi connectivity index (χ0v) is 12.5. The first-order valence-electron chi connectivity index (χ1n) is 6.70. The molecular weight excluding hydrogens is 288 g/mol. The van der Waals surface area contributed by atoms with Crippen LogP contribution in [0, 0.1) is 6.92 Å². The van der Waals surface area contributed by atoms with E-state index in [9.17, 15) is 9.90 Å². The summed E-state index contributed by atoms with van der Waals surface area (Å²) in [4.78, 5) is 11.4. The Morgan fingerprint density at radius 1 is 1.19 bits per heavy atom. The summed E-state index contributed by atoms with van der Waals surface area (Å²) in [6.45, 7) is 2.16. The molecule has 0 amide bonds. The van der Waals surface area contributed by atoms with Crippen molar-refractivity contribution in [2.45, 2.75) is 26.1 Å². The molecule has 0 aromatic heterocycles. The minimum Gasteiger partial charge on any atom is -0.479 e. The molecule has 0 fully saturated rings. The highest BCUT2D eigenvalue weighted by Gasteiger charge is 2.20. The lowest BCUT2D eigenvalue weighted by atomic mass is 10.0. The van der Waals surface area contributed by atoms with Gasteiger partial charge in [0.1, 0.15) is 0 Å². The average molecular weight is 305 g/mol. The lowest BCUT2D eigenvalue weighted by Gasteiger charge is -2.15. The van der Waals surface area contributed by atoms with E-state index in [1.165, 1.54) is 0 Å². The van der Waals surface area contributed by atoms with Gasteiger partial charge in [0.15, 0.2) is 6.10 Å². The Labute approximate surface area is 129 Å². The van der Waals surface area contributed by atoms with Gasteiger partial charge in [0.25, 0.3) is 0 Å². The van der Waals surface area contributed by atoms with Crippen LogP contribution in [0.2, 0.25) is 5.02 Å². The van der Waals surface area contributed by atoms with Gasteiger partial charge in [-0.05, 0) is 29.7 Å². The number of carboxylic acid groups (broad SMARTS) is 1. The van der Waals surface area contributed by atoms with E-state index in [4.69, 9.17) is 16.3 Å². The summed E-state index contributed by atoms with van der Waals surface area (Å²) in [5.41, 5.74) is 2.74. The van der Waals surface area contributed by atoms with Gasteiger partial charge >= 0.3 is 5.97 Å². The minimum atomic E-state index is -0.967. The highest BCUT2D eigenvalue weighted by atomic mass is 35.5. The van der Waals surface area contributed by atoms with Crippen molar-refractivity contribution >= 4 is 17.6 Å². The second-order valence-electron chi connectivity index (χ2n) is 4.85. The summed E-state index contributed by atoms with van der Waals surface area (Å²) < 4.78 is 5.55. The van der Waals surface area contributed by atoms with Crippen molar-refractivity contribution in [1.29, 1.82) is 0 Å². The van der Waals surface area contributed by atoms with Gasteiger partial charge in [-0.15, -0.1) is 0 Å². The van der Waals surface area contributed by atoms with E-state index in [2.05, 4.69) is 0 Å². The zero-order chi connectivity index (χ0) is 15.2. The van der Waals surface area contributed by atoms with Crippen molar-refractivity contribution in [3.05, 3.63) is 70.2 Å². The molecule has 0 heterocycles. The van der Waals surface area contributed by atoms with Crippen molar-refractivity contribution in [3.63, 3.8) is 0 Å². The molecule has 0 saturated carbocycles. The van der Waals surface area contributed by atoms with Crippen LogP contribution in [0.1, 0.15) is 16.7 Å². The Hall–Kier alpha value is -1.84. The molecule has 110 valence electrons. The van der Waals surface area contributed by atoms with Gasteiger partial charge in [0, 0.05) is 11.4 Å². The van der Waals surface area contributed by atoms with Crippen LogP contribution in [0.25, 0.3) is 0 Å². The van der Waals surface area contributed by atoms with Crippen LogP contribution < -0.4 is 0 Å². The molecule has 21 heavy (non-hydrogen) atoms. The zero-order valence-electron chi connectivity index (χ0n) is 11.8. The first-order valence-corrected chi connectivity index (χ1v) is 7.08. The van der Waals surface area contributed by atoms with Crippen LogP contribution in [0.5, 0.6) is 0 Å². The smallest absolute Gasteiger partial charge is 0.333 e. The van der Waals surface area contributed by atoms with Crippen molar-refractivity contribution in [1.82, 2.24) is 0 Å². The molecule has 0 spiro atoms. The maximum absolute atomic E-state index is 11.4. The summed E-state index contributed by atoms with van der Waals surface area (Å²) in [6.07, 6.45) is -0.587. The van der Waals surface area contributed by atoms with E-state index < -0.39 is 12.1 Å². The van der Waals surface area contributed by atoms with Gasteiger partial charge in [0.2, 0.25) is 0 Å². The van der Waals surface area contributed by atoms with Crippen molar-refractivity contribution in [2.75, 3.05) is 0 Å². The van der Waals surface area contributed by atoms with Crippen molar-refractivity contribution in [3.8, 4) is 0 Å². The number of benzene rings is 2. The number of hydrogen-bond donors (Lipinski definition) is 1. The molecule has 2 rings (SSSR count). The third-order valence-electron chi connectivity index (χ3n) is 3.35. The molecule has 0 aliphatic carbocycles. The van der Waals surface area contributed by atoms with E-state index in [1.54, 1.807) is 6.07 Å². The fourth-order valence-corrected chi connectivity index (χ4v) is 2.26. The number of rotatable bonds is 6. The van der Waals surface area contributed by atoms with Crippen LogP contribution in [0.15, 0.2) is 48.5 Å². The van der Waals surface area contributed by atoms with E-state index in [0.29, 0.717) is 11.4 Å². The normalized spacial score (nSPS) is 12.1. The number of hydrogen-bond acceptors (Lipinski definition) is 2. The quantitative estimate of drug-likeness (QED) is 0.881. The fourth-order valence-electron chi connectivity index (χ4n) is 2.06. The maximum atomic E-state index is 11.4. The van der Waals surface area contributed by atoms with Gasteiger partial charge in [-0.3, -0.25) is 0 Å². The summed E-state index contributed by atoms with van der Waals surface area (Å²) in [5.74, 6) is -0.967. The minimum absolute atomic E-state index is 0.275. The van der Waals surface area contributed by atoms with Crippen LogP contribution >= 0.6 is 11.6 Å². The summed E-state index contributed by atoms with van der Waals surface area (Å²) in [6, 6.07) is 15.0. The molecule has 0 radical (unpaired) electrons. The summed E-state index contributed by atoms with van der Waals surface area (Å²) >= 11 is 6.06. The van der Waals surface area contributed by atoms with E-state index >= 15 is 0 Å². The van der Waals surface area contributed by atoms with Gasteiger partial charge in [0.05, 0.1) is 6.61 Å². The van der Waals surface area contributed by atoms with Crippen LogP contribution in [-0.2, 0) is 22.6 Å². The van der Waals surface area contributed by atoms with Gasteiger partial charge < -0.3 is 9.84 Å². The SMILES string of the molecule is Cc1c(Cl)cccc1C[C@H](OCc1ccccc1)C(=O)O. The Balaban J connectivity index is 2.06. The molecule has 1 N–H and O–H groups in total. The first-order chi connectivity index (χ1) is 10.1. The monoisotopic (exact) mass is 304 g/mol. The second-order valence-corrected chi connectivity index (χ2v) is 5.26. The van der Waals surface area contributed by atoms with Crippen LogP contribution in [0.3, 0.4) is 0 Å². The Morgan fingerprint density at radius 3 is 2.57 bits per heavy atom. The van der Waals surface area contributed by atoms with Crippen LogP contribution in [0.4, 0.5) is 0 Å². The maximum Gasteiger partial charge on any atom is 0.333 e. The molecule has 0 saturated heterocycles. The number of aliphatic carboxylic acids is 1. The third kappa shape index (κ3) is 4.31. The highest BCUT2D eigenvalue weighted by Crippen LogP contribution is 2.21. The predicted molar refractivity (Wildman–Crippen MR) is 82.5 cm³/mol. The molecule has 0 unspecified atom stereocenters. The lowest BCUT2D eigenvalue weighted by molar-refractivity contribution is -0.151. The molecule has 0 aliphatic heterocycles. The summed E-state index contributed by atoms with van der Waals surface area (Å²) in [5, 5.41) is 9.95. The number of halogens is 1. The van der Waals surface area contributed by atoms with Gasteiger partial charge in [-0.25, -0.2) is 4.79 Å². The predicted octanol–water partition coefficient (Wildman–Crippen LogP) is 3.86. The highest BCUT2D eigenvalue weighted by molar-refractivity contribution is 6.31. The third-order valence-corrected chi connectivity index (χ3v) is 3.76. The molecule has 0 bridgehead atoms. The second kappa shape index (κ2) is 7.25. The Kier molecular flexibility index (Phi) is 5.37. The molecule has 2 aromatic rings. The number of carbonyl (C=O) groups is 1. The first kappa shape index (κ1) is 15.5. The van der Waals surface area contributed by atoms with Gasteiger partial charge in [-0.2, -0.15) is 0 Å². The molecule has 4 heteroatoms. The Bertz CT molecular complexity index is 611. The largest absolute Gasteiger partial charge is 0.479 e. The van der Waals surface area contributed by atoms with Crippen LogP contribution in [-0.4, -0.2) is 17.2 Å². The number of ether oxygens (including phenoxy) is 1.